The third-order valence-corrected chi connectivity index (χ3v) is 1.29. The molecule has 54 valence electrons. The van der Waals surface area contributed by atoms with Gasteiger partial charge >= 0.3 is 0 Å². The fourth-order valence-corrected chi connectivity index (χ4v) is 0.570. The van der Waals surface area contributed by atoms with Gasteiger partial charge < -0.3 is 5.11 Å². The number of hydrogen-bond acceptors (Lipinski definition) is 1. The lowest BCUT2D eigenvalue weighted by Crippen LogP contribution is -2.19. The van der Waals surface area contributed by atoms with Crippen molar-refractivity contribution in [3.8, 4) is 0 Å². The predicted molar refractivity (Wildman–Crippen MR) is 36.0 cm³/mol. The second-order valence-electron chi connectivity index (χ2n) is 2.42. The number of hydrogen-bond donors (Lipinski definition) is 1. The van der Waals surface area contributed by atoms with Crippen molar-refractivity contribution in [3.63, 3.8) is 0 Å². The molecule has 0 saturated heterocycles. The third kappa shape index (κ3) is 2.61. The zero-order chi connectivity index (χ0) is 7.44. The number of aliphatic hydroxyl groups excluding tert-OH is 1. The fourth-order valence-electron chi connectivity index (χ4n) is 0.570. The first-order valence-corrected chi connectivity index (χ1v) is 2.99. The van der Waals surface area contributed by atoms with E-state index in [9.17, 15) is 4.39 Å². The van der Waals surface area contributed by atoms with Crippen LogP contribution in [0.2, 0.25) is 0 Å². The fraction of sp³-hybridized carbons (Fsp3) is 0.714. The van der Waals surface area contributed by atoms with Crippen LogP contribution in [0.25, 0.3) is 0 Å². The van der Waals surface area contributed by atoms with Crippen molar-refractivity contribution in [2.75, 3.05) is 6.67 Å². The van der Waals surface area contributed by atoms with E-state index in [2.05, 4.69) is 6.58 Å². The summed E-state index contributed by atoms with van der Waals surface area (Å²) in [7, 11) is 0. The molecule has 0 bridgehead atoms. The first-order valence-electron chi connectivity index (χ1n) is 2.99. The first-order chi connectivity index (χ1) is 4.09. The summed E-state index contributed by atoms with van der Waals surface area (Å²) in [6, 6.07) is 0. The largest absolute Gasteiger partial charge is 0.388 e. The topological polar surface area (TPSA) is 20.2 Å². The Bertz CT molecular complexity index is 101. The molecule has 0 rings (SSSR count). The van der Waals surface area contributed by atoms with Crippen molar-refractivity contribution in [3.05, 3.63) is 12.2 Å². The van der Waals surface area contributed by atoms with Crippen LogP contribution in [-0.4, -0.2) is 17.9 Å². The highest BCUT2D eigenvalue weighted by Crippen LogP contribution is 2.09. The van der Waals surface area contributed by atoms with Crippen LogP contribution >= 0.6 is 0 Å². The minimum atomic E-state index is -0.685. The lowest BCUT2D eigenvalue weighted by Gasteiger charge is -2.14. The smallest absolute Gasteiger partial charge is 0.0947 e. The Kier molecular flexibility index (Phi) is 3.47. The summed E-state index contributed by atoms with van der Waals surface area (Å²) in [5.41, 5.74) is 0.625. The van der Waals surface area contributed by atoms with Crippen molar-refractivity contribution in [2.45, 2.75) is 20.0 Å². The summed E-state index contributed by atoms with van der Waals surface area (Å²) < 4.78 is 11.8. The average Bonchev–Trinajstić information content (AvgIpc) is 1.84. The van der Waals surface area contributed by atoms with E-state index in [1.54, 1.807) is 13.8 Å². The van der Waals surface area contributed by atoms with Crippen LogP contribution in [0.5, 0.6) is 0 Å². The van der Waals surface area contributed by atoms with E-state index >= 15 is 0 Å². The summed E-state index contributed by atoms with van der Waals surface area (Å²) in [4.78, 5) is 0. The van der Waals surface area contributed by atoms with E-state index in [1.807, 2.05) is 0 Å². The highest BCUT2D eigenvalue weighted by atomic mass is 19.1. The highest BCUT2D eigenvalue weighted by molar-refractivity contribution is 4.98. The Labute approximate surface area is 55.2 Å². The Morgan fingerprint density at radius 1 is 1.78 bits per heavy atom. The molecule has 0 aliphatic rings. The van der Waals surface area contributed by atoms with E-state index < -0.39 is 12.8 Å². The first kappa shape index (κ1) is 8.63. The maximum atomic E-state index is 11.8. The van der Waals surface area contributed by atoms with Crippen molar-refractivity contribution in [2.24, 2.45) is 5.92 Å². The quantitative estimate of drug-likeness (QED) is 0.577. The van der Waals surface area contributed by atoms with Gasteiger partial charge in [0.05, 0.1) is 12.8 Å². The molecule has 0 aromatic rings. The number of alkyl halides is 1. The number of aliphatic hydroxyl groups is 1. The average molecular weight is 132 g/mol. The molecule has 9 heavy (non-hydrogen) atoms. The highest BCUT2D eigenvalue weighted by Gasteiger charge is 2.13. The monoisotopic (exact) mass is 132 g/mol. The molecule has 0 heterocycles. The lowest BCUT2D eigenvalue weighted by atomic mass is 10.0. The van der Waals surface area contributed by atoms with Crippen molar-refractivity contribution in [1.82, 2.24) is 0 Å². The standard InChI is InChI=1S/C7H13FO/c1-5(2)7(9)6(3)4-8/h6-7,9H,1,4H2,2-3H3. The summed E-state index contributed by atoms with van der Waals surface area (Å²) in [6.45, 7) is 6.36. The normalized spacial score (nSPS) is 16.9. The van der Waals surface area contributed by atoms with Crippen LogP contribution in [0.3, 0.4) is 0 Å². The molecular formula is C7H13FO. The maximum absolute atomic E-state index is 11.8. The molecule has 0 aliphatic heterocycles. The molecule has 0 fully saturated rings. The van der Waals surface area contributed by atoms with Gasteiger partial charge in [-0.05, 0) is 6.92 Å². The van der Waals surface area contributed by atoms with Gasteiger partial charge in [0.2, 0.25) is 0 Å². The van der Waals surface area contributed by atoms with Gasteiger partial charge in [-0.2, -0.15) is 0 Å². The Hall–Kier alpha value is -0.370. The second kappa shape index (κ2) is 3.62. The molecule has 2 heteroatoms. The SMILES string of the molecule is C=C(C)C(O)C(C)CF. The van der Waals surface area contributed by atoms with Gasteiger partial charge in [0, 0.05) is 5.92 Å². The summed E-state index contributed by atoms with van der Waals surface area (Å²) in [5.74, 6) is -0.317. The summed E-state index contributed by atoms with van der Waals surface area (Å²) in [6.07, 6.45) is -0.685. The van der Waals surface area contributed by atoms with E-state index in [4.69, 9.17) is 5.11 Å². The van der Waals surface area contributed by atoms with E-state index in [-0.39, 0.29) is 5.92 Å². The third-order valence-electron chi connectivity index (χ3n) is 1.29. The molecule has 0 aliphatic carbocycles. The molecule has 0 saturated carbocycles. The molecule has 1 N–H and O–H groups in total. The number of rotatable bonds is 3. The molecule has 1 nitrogen and oxygen atoms in total. The minimum absolute atomic E-state index is 0.317. The van der Waals surface area contributed by atoms with Gasteiger partial charge in [-0.3, -0.25) is 4.39 Å². The molecule has 2 atom stereocenters. The van der Waals surface area contributed by atoms with Crippen molar-refractivity contribution < 1.29 is 9.50 Å². The van der Waals surface area contributed by atoms with Crippen LogP contribution in [-0.2, 0) is 0 Å². The molecule has 0 radical (unpaired) electrons. The van der Waals surface area contributed by atoms with Gasteiger partial charge in [0.15, 0.2) is 0 Å². The molecule has 0 amide bonds. The van der Waals surface area contributed by atoms with Crippen LogP contribution in [0.1, 0.15) is 13.8 Å². The second-order valence-corrected chi connectivity index (χ2v) is 2.42. The maximum Gasteiger partial charge on any atom is 0.0947 e. The molecule has 0 aromatic heterocycles. The van der Waals surface area contributed by atoms with Gasteiger partial charge in [0.25, 0.3) is 0 Å². The van der Waals surface area contributed by atoms with Gasteiger partial charge in [-0.25, -0.2) is 0 Å². The Morgan fingerprint density at radius 2 is 2.22 bits per heavy atom. The van der Waals surface area contributed by atoms with Crippen LogP contribution in [0.4, 0.5) is 4.39 Å². The van der Waals surface area contributed by atoms with Gasteiger partial charge in [-0.15, -0.1) is 0 Å². The van der Waals surface area contributed by atoms with Crippen molar-refractivity contribution in [1.29, 1.82) is 0 Å². The van der Waals surface area contributed by atoms with E-state index in [0.29, 0.717) is 5.57 Å². The zero-order valence-electron chi connectivity index (χ0n) is 5.89. The Morgan fingerprint density at radius 3 is 2.33 bits per heavy atom. The van der Waals surface area contributed by atoms with Gasteiger partial charge in [0.1, 0.15) is 0 Å². The van der Waals surface area contributed by atoms with E-state index in [0.717, 1.165) is 0 Å². The lowest BCUT2D eigenvalue weighted by molar-refractivity contribution is 0.133. The Balaban J connectivity index is 3.72. The molecular weight excluding hydrogens is 119 g/mol. The minimum Gasteiger partial charge on any atom is -0.388 e. The summed E-state index contributed by atoms with van der Waals surface area (Å²) in [5, 5.41) is 9.06. The van der Waals surface area contributed by atoms with Crippen LogP contribution in [0.15, 0.2) is 12.2 Å². The van der Waals surface area contributed by atoms with Crippen LogP contribution in [0, 0.1) is 5.92 Å². The molecule has 0 aromatic carbocycles. The molecule has 0 spiro atoms. The molecule has 2 unspecified atom stereocenters. The van der Waals surface area contributed by atoms with Gasteiger partial charge in [-0.1, -0.05) is 19.1 Å². The predicted octanol–water partition coefficient (Wildman–Crippen LogP) is 1.53. The van der Waals surface area contributed by atoms with E-state index in [1.165, 1.54) is 0 Å². The van der Waals surface area contributed by atoms with Crippen LogP contribution < -0.4 is 0 Å². The number of halogens is 1. The van der Waals surface area contributed by atoms with Crippen molar-refractivity contribution >= 4 is 0 Å². The summed E-state index contributed by atoms with van der Waals surface area (Å²) >= 11 is 0. The zero-order valence-corrected chi connectivity index (χ0v) is 5.89.